The van der Waals surface area contributed by atoms with Gasteiger partial charge in [-0.2, -0.15) is 0 Å². The average molecular weight is 367 g/mol. The second kappa shape index (κ2) is 9.51. The number of amides is 1. The number of nitrogens with two attached hydrogens (primary N) is 1. The van der Waals surface area contributed by atoms with Crippen LogP contribution in [-0.4, -0.2) is 24.0 Å². The lowest BCUT2D eigenvalue weighted by atomic mass is 9.94. The van der Waals surface area contributed by atoms with Gasteiger partial charge in [-0.15, -0.1) is 0 Å². The number of carbonyl (C=O) groups excluding carboxylic acids is 1. The van der Waals surface area contributed by atoms with E-state index < -0.39 is 0 Å². The van der Waals surface area contributed by atoms with Gasteiger partial charge >= 0.3 is 0 Å². The molecule has 0 bridgehead atoms. The van der Waals surface area contributed by atoms with Crippen LogP contribution in [0.25, 0.3) is 0 Å². The summed E-state index contributed by atoms with van der Waals surface area (Å²) in [4.78, 5) is 19.4. The molecule has 27 heavy (non-hydrogen) atoms. The molecule has 2 aromatic rings. The first-order valence-electron chi connectivity index (χ1n) is 9.93. The molecular formula is C22H30N4O. The molecule has 0 spiro atoms. The summed E-state index contributed by atoms with van der Waals surface area (Å²) in [7, 11) is 0. The molecule has 1 amide bonds. The first-order valence-corrected chi connectivity index (χ1v) is 9.93. The predicted molar refractivity (Wildman–Crippen MR) is 109 cm³/mol. The van der Waals surface area contributed by atoms with Gasteiger partial charge in [-0.25, -0.2) is 4.98 Å². The second-order valence-corrected chi connectivity index (χ2v) is 7.37. The van der Waals surface area contributed by atoms with Gasteiger partial charge in [0.25, 0.3) is 0 Å². The van der Waals surface area contributed by atoms with Crippen LogP contribution in [0.4, 0.5) is 5.82 Å². The first kappa shape index (κ1) is 19.4. The third-order valence-electron chi connectivity index (χ3n) is 5.34. The van der Waals surface area contributed by atoms with Crippen molar-refractivity contribution in [2.75, 3.05) is 18.0 Å². The quantitative estimate of drug-likeness (QED) is 0.822. The Morgan fingerprint density at radius 2 is 1.81 bits per heavy atom. The molecule has 2 unspecified atom stereocenters. The van der Waals surface area contributed by atoms with Gasteiger partial charge in [0.15, 0.2) is 0 Å². The van der Waals surface area contributed by atoms with Crippen molar-refractivity contribution in [1.82, 2.24) is 10.3 Å². The number of rotatable bonds is 6. The van der Waals surface area contributed by atoms with Crippen LogP contribution in [0.5, 0.6) is 0 Å². The van der Waals surface area contributed by atoms with Gasteiger partial charge in [0.1, 0.15) is 5.82 Å². The Labute approximate surface area is 162 Å². The molecule has 1 aromatic heterocycles. The van der Waals surface area contributed by atoms with Crippen molar-refractivity contribution in [3.05, 3.63) is 59.8 Å². The molecule has 0 aliphatic carbocycles. The summed E-state index contributed by atoms with van der Waals surface area (Å²) >= 11 is 0. The molecule has 1 aliphatic rings. The van der Waals surface area contributed by atoms with E-state index in [2.05, 4.69) is 27.3 Å². The van der Waals surface area contributed by atoms with Crippen molar-refractivity contribution in [1.29, 1.82) is 0 Å². The van der Waals surface area contributed by atoms with E-state index in [0.717, 1.165) is 30.0 Å². The molecule has 0 saturated carbocycles. The summed E-state index contributed by atoms with van der Waals surface area (Å²) in [6, 6.07) is 13.5. The second-order valence-electron chi connectivity index (χ2n) is 7.37. The van der Waals surface area contributed by atoms with Crippen LogP contribution in [0.2, 0.25) is 0 Å². The van der Waals surface area contributed by atoms with Crippen molar-refractivity contribution in [2.24, 2.45) is 11.7 Å². The van der Waals surface area contributed by atoms with Gasteiger partial charge in [-0.3, -0.25) is 4.79 Å². The number of aromatic nitrogens is 1. The maximum atomic E-state index is 12.5. The van der Waals surface area contributed by atoms with Crippen LogP contribution >= 0.6 is 0 Å². The third kappa shape index (κ3) is 5.30. The topological polar surface area (TPSA) is 71.2 Å². The molecule has 144 valence electrons. The SMILES string of the molecule is CC(C(=O)NCc1ccc(N2CCCCCC2)nc1)C(N)c1ccccc1. The number of nitrogens with zero attached hydrogens (tertiary/aromatic N) is 2. The zero-order chi connectivity index (χ0) is 19.1. The number of hydrogen-bond donors (Lipinski definition) is 2. The maximum Gasteiger partial charge on any atom is 0.225 e. The lowest BCUT2D eigenvalue weighted by Crippen LogP contribution is -2.35. The van der Waals surface area contributed by atoms with E-state index in [1.165, 1.54) is 25.7 Å². The molecule has 1 saturated heterocycles. The summed E-state index contributed by atoms with van der Waals surface area (Å²) in [6.07, 6.45) is 6.95. The molecule has 1 aliphatic heterocycles. The highest BCUT2D eigenvalue weighted by Crippen LogP contribution is 2.20. The first-order chi connectivity index (χ1) is 13.1. The lowest BCUT2D eigenvalue weighted by Gasteiger charge is -2.22. The lowest BCUT2D eigenvalue weighted by molar-refractivity contribution is -0.125. The normalized spacial score (nSPS) is 17.0. The van der Waals surface area contributed by atoms with Crippen molar-refractivity contribution in [3.63, 3.8) is 0 Å². The molecule has 5 heteroatoms. The van der Waals surface area contributed by atoms with Crippen LogP contribution in [0.3, 0.4) is 0 Å². The maximum absolute atomic E-state index is 12.5. The Morgan fingerprint density at radius 1 is 1.11 bits per heavy atom. The van der Waals surface area contributed by atoms with Crippen LogP contribution in [0.15, 0.2) is 48.7 Å². The van der Waals surface area contributed by atoms with E-state index in [4.69, 9.17) is 5.73 Å². The minimum atomic E-state index is -0.310. The number of carbonyl (C=O) groups is 1. The number of pyridine rings is 1. The van der Waals surface area contributed by atoms with Crippen LogP contribution in [-0.2, 0) is 11.3 Å². The van der Waals surface area contributed by atoms with E-state index in [-0.39, 0.29) is 17.9 Å². The van der Waals surface area contributed by atoms with E-state index in [1.807, 2.05) is 43.5 Å². The monoisotopic (exact) mass is 366 g/mol. The molecule has 2 heterocycles. The Balaban J connectivity index is 1.52. The minimum Gasteiger partial charge on any atom is -0.357 e. The fraction of sp³-hybridized carbons (Fsp3) is 0.455. The summed E-state index contributed by atoms with van der Waals surface area (Å²) in [5, 5.41) is 2.99. The Morgan fingerprint density at radius 3 is 2.44 bits per heavy atom. The summed E-state index contributed by atoms with van der Waals surface area (Å²) in [6.45, 7) is 4.50. The fourth-order valence-corrected chi connectivity index (χ4v) is 3.49. The highest BCUT2D eigenvalue weighted by Gasteiger charge is 2.21. The van der Waals surface area contributed by atoms with Crippen LogP contribution < -0.4 is 16.0 Å². The summed E-state index contributed by atoms with van der Waals surface area (Å²) in [5.74, 6) is 0.700. The number of anilines is 1. The molecule has 1 aromatic carbocycles. The number of hydrogen-bond acceptors (Lipinski definition) is 4. The van der Waals surface area contributed by atoms with Crippen LogP contribution in [0.1, 0.15) is 49.8 Å². The van der Waals surface area contributed by atoms with Crippen molar-refractivity contribution in [2.45, 2.75) is 45.2 Å². The molecule has 5 nitrogen and oxygen atoms in total. The molecular weight excluding hydrogens is 336 g/mol. The van der Waals surface area contributed by atoms with Gasteiger partial charge in [-0.05, 0) is 30.0 Å². The standard InChI is InChI=1S/C22H30N4O/c1-17(21(23)19-9-5-4-6-10-19)22(27)25-16-18-11-12-20(24-15-18)26-13-7-2-3-8-14-26/h4-6,9-12,15,17,21H,2-3,7-8,13-14,16,23H2,1H3,(H,25,27). The van der Waals surface area contributed by atoms with Crippen molar-refractivity contribution in [3.8, 4) is 0 Å². The Kier molecular flexibility index (Phi) is 6.82. The molecule has 0 radical (unpaired) electrons. The van der Waals surface area contributed by atoms with Gasteiger partial charge in [-0.1, -0.05) is 56.2 Å². The van der Waals surface area contributed by atoms with Gasteiger partial charge in [0, 0.05) is 31.9 Å². The number of benzene rings is 1. The Hall–Kier alpha value is -2.40. The molecule has 3 rings (SSSR count). The zero-order valence-electron chi connectivity index (χ0n) is 16.1. The zero-order valence-corrected chi connectivity index (χ0v) is 16.1. The molecule has 1 fully saturated rings. The van der Waals surface area contributed by atoms with E-state index in [1.54, 1.807) is 0 Å². The third-order valence-corrected chi connectivity index (χ3v) is 5.34. The van der Waals surface area contributed by atoms with E-state index >= 15 is 0 Å². The highest BCUT2D eigenvalue weighted by molar-refractivity contribution is 5.79. The van der Waals surface area contributed by atoms with E-state index in [9.17, 15) is 4.79 Å². The summed E-state index contributed by atoms with van der Waals surface area (Å²) < 4.78 is 0. The minimum absolute atomic E-state index is 0.0389. The smallest absolute Gasteiger partial charge is 0.225 e. The largest absolute Gasteiger partial charge is 0.357 e. The fourth-order valence-electron chi connectivity index (χ4n) is 3.49. The summed E-state index contributed by atoms with van der Waals surface area (Å²) in [5.41, 5.74) is 8.22. The van der Waals surface area contributed by atoms with Crippen LogP contribution in [0, 0.1) is 5.92 Å². The van der Waals surface area contributed by atoms with E-state index in [0.29, 0.717) is 6.54 Å². The van der Waals surface area contributed by atoms with Crippen molar-refractivity contribution < 1.29 is 4.79 Å². The number of nitrogens with one attached hydrogen (secondary N) is 1. The predicted octanol–water partition coefficient (Wildman–Crippen LogP) is 3.41. The van der Waals surface area contributed by atoms with Gasteiger partial charge < -0.3 is 16.0 Å². The van der Waals surface area contributed by atoms with Gasteiger partial charge in [0.05, 0.1) is 5.92 Å². The Bertz CT molecular complexity index is 709. The highest BCUT2D eigenvalue weighted by atomic mass is 16.1. The van der Waals surface area contributed by atoms with Crippen molar-refractivity contribution >= 4 is 11.7 Å². The van der Waals surface area contributed by atoms with Gasteiger partial charge in [0.2, 0.25) is 5.91 Å². The average Bonchev–Trinajstić information content (AvgIpc) is 3.01. The molecule has 3 N–H and O–H groups in total. The molecule has 2 atom stereocenters.